The van der Waals surface area contributed by atoms with E-state index in [1.807, 2.05) is 24.0 Å². The molecule has 158 valence electrons. The summed E-state index contributed by atoms with van der Waals surface area (Å²) in [5.41, 5.74) is 2.71. The number of nitrogens with one attached hydrogen (secondary N) is 1. The van der Waals surface area contributed by atoms with E-state index < -0.39 is 0 Å². The van der Waals surface area contributed by atoms with Crippen LogP contribution < -0.4 is 5.32 Å². The summed E-state index contributed by atoms with van der Waals surface area (Å²) in [6.45, 7) is 5.78. The molecule has 1 saturated heterocycles. The smallest absolute Gasteiger partial charge is 0.274 e. The molecule has 2 aliphatic rings. The lowest BCUT2D eigenvalue weighted by Gasteiger charge is -2.21. The zero-order valence-electron chi connectivity index (χ0n) is 17.6. The van der Waals surface area contributed by atoms with E-state index >= 15 is 0 Å². The highest BCUT2D eigenvalue weighted by molar-refractivity contribution is 6.04. The number of benzene rings is 1. The number of fused-ring (bicyclic) bond motifs is 1. The highest BCUT2D eigenvalue weighted by Gasteiger charge is 2.59. The first-order chi connectivity index (χ1) is 15.0. The van der Waals surface area contributed by atoms with Crippen molar-refractivity contribution in [2.75, 3.05) is 18.4 Å². The van der Waals surface area contributed by atoms with Gasteiger partial charge in [-0.3, -0.25) is 14.2 Å². The van der Waals surface area contributed by atoms with Gasteiger partial charge in [0.05, 0.1) is 0 Å². The van der Waals surface area contributed by atoms with Gasteiger partial charge in [-0.15, -0.1) is 10.2 Å². The van der Waals surface area contributed by atoms with Crippen molar-refractivity contribution in [2.24, 2.45) is 11.3 Å². The normalized spacial score (nSPS) is 21.6. The van der Waals surface area contributed by atoms with Crippen molar-refractivity contribution in [1.82, 2.24) is 24.6 Å². The Bertz CT molecular complexity index is 1150. The molecule has 2 amide bonds. The molecule has 5 rings (SSSR count). The molecule has 31 heavy (non-hydrogen) atoms. The number of nitrogens with zero attached hydrogens (tertiary/aromatic N) is 5. The molecule has 0 bridgehead atoms. The summed E-state index contributed by atoms with van der Waals surface area (Å²) in [6, 6.07) is 10.6. The van der Waals surface area contributed by atoms with Crippen LogP contribution in [0.5, 0.6) is 0 Å². The molecule has 1 aromatic carbocycles. The lowest BCUT2D eigenvalue weighted by molar-refractivity contribution is 0.0763. The predicted octanol–water partition coefficient (Wildman–Crippen LogP) is 3.10. The molecule has 1 aliphatic carbocycles. The molecule has 0 radical (unpaired) electrons. The van der Waals surface area contributed by atoms with Crippen LogP contribution in [-0.4, -0.2) is 49.6 Å². The molecule has 1 N–H and O–H groups in total. The quantitative estimate of drug-likeness (QED) is 0.690. The molecule has 3 heterocycles. The zero-order valence-corrected chi connectivity index (χ0v) is 17.6. The summed E-state index contributed by atoms with van der Waals surface area (Å²) in [5.74, 6) is 0.893. The van der Waals surface area contributed by atoms with Crippen molar-refractivity contribution in [3.8, 4) is 5.82 Å². The molecule has 2 atom stereocenters. The Morgan fingerprint density at radius 2 is 2.00 bits per heavy atom. The van der Waals surface area contributed by atoms with Crippen molar-refractivity contribution in [1.29, 1.82) is 0 Å². The van der Waals surface area contributed by atoms with E-state index in [9.17, 15) is 9.59 Å². The van der Waals surface area contributed by atoms with Crippen LogP contribution in [0.2, 0.25) is 0 Å². The van der Waals surface area contributed by atoms with Crippen LogP contribution in [0.15, 0.2) is 49.1 Å². The average molecular weight is 416 g/mol. The highest BCUT2D eigenvalue weighted by atomic mass is 16.2. The average Bonchev–Trinajstić information content (AvgIpc) is 3.14. The Morgan fingerprint density at radius 3 is 2.74 bits per heavy atom. The second-order valence-corrected chi connectivity index (χ2v) is 8.54. The van der Waals surface area contributed by atoms with Crippen LogP contribution in [-0.2, 0) is 0 Å². The fourth-order valence-corrected chi connectivity index (χ4v) is 4.57. The molecular formula is C23H24N6O2. The minimum absolute atomic E-state index is 0.0308. The number of amides is 2. The third kappa shape index (κ3) is 3.48. The van der Waals surface area contributed by atoms with E-state index in [0.29, 0.717) is 28.4 Å². The van der Waals surface area contributed by atoms with E-state index in [2.05, 4.69) is 27.4 Å². The summed E-state index contributed by atoms with van der Waals surface area (Å²) in [6.07, 6.45) is 5.41. The van der Waals surface area contributed by atoms with Crippen molar-refractivity contribution in [3.63, 3.8) is 0 Å². The largest absolute Gasteiger partial charge is 0.338 e. The topological polar surface area (TPSA) is 93.0 Å². The van der Waals surface area contributed by atoms with Crippen LogP contribution in [0.1, 0.15) is 46.2 Å². The number of piperidine rings is 1. The van der Waals surface area contributed by atoms with Crippen molar-refractivity contribution < 1.29 is 9.59 Å². The first kappa shape index (κ1) is 19.4. The molecule has 8 heteroatoms. The lowest BCUT2D eigenvalue weighted by atomic mass is 10.0. The maximum absolute atomic E-state index is 13.1. The van der Waals surface area contributed by atoms with Gasteiger partial charge in [0.2, 0.25) is 0 Å². The standard InChI is InChI=1S/C23H24N6O2/c1-3-23-10-17(23)11-28(12-23)22(31)16-8-7-15(2)19(9-16)27-21(30)18-5-4-6-20(26-18)29-13-24-25-14-29/h4-9,13-14,17H,3,10-12H2,1-2H3,(H,27,30)/t17-,23+/m0/s1. The minimum atomic E-state index is -0.338. The van der Waals surface area contributed by atoms with Crippen molar-refractivity contribution in [3.05, 3.63) is 65.9 Å². The number of rotatable bonds is 5. The Hall–Kier alpha value is -3.55. The van der Waals surface area contributed by atoms with E-state index in [4.69, 9.17) is 0 Å². The maximum atomic E-state index is 13.1. The van der Waals surface area contributed by atoms with Gasteiger partial charge < -0.3 is 10.2 Å². The number of likely N-dealkylation sites (tertiary alicyclic amines) is 1. The van der Waals surface area contributed by atoms with Gasteiger partial charge in [0.1, 0.15) is 24.2 Å². The molecule has 2 fully saturated rings. The van der Waals surface area contributed by atoms with Crippen LogP contribution in [0, 0.1) is 18.3 Å². The minimum Gasteiger partial charge on any atom is -0.338 e. The summed E-state index contributed by atoms with van der Waals surface area (Å²) in [7, 11) is 0. The SMILES string of the molecule is CC[C@]12C[C@H]1CN(C(=O)c1ccc(C)c(NC(=O)c3cccc(-n4cnnc4)n3)c1)C2. The van der Waals surface area contributed by atoms with Crippen molar-refractivity contribution in [2.45, 2.75) is 26.7 Å². The molecule has 2 aromatic heterocycles. The zero-order chi connectivity index (χ0) is 21.6. The number of anilines is 1. The second kappa shape index (κ2) is 7.30. The van der Waals surface area contributed by atoms with Crippen LogP contribution in [0.3, 0.4) is 0 Å². The Balaban J connectivity index is 1.34. The number of hydrogen-bond donors (Lipinski definition) is 1. The number of pyridine rings is 1. The number of aromatic nitrogens is 4. The van der Waals surface area contributed by atoms with Gasteiger partial charge in [0.25, 0.3) is 11.8 Å². The predicted molar refractivity (Wildman–Crippen MR) is 115 cm³/mol. The van der Waals surface area contributed by atoms with Gasteiger partial charge in [-0.05, 0) is 60.9 Å². The molecule has 8 nitrogen and oxygen atoms in total. The van der Waals surface area contributed by atoms with Gasteiger partial charge in [-0.2, -0.15) is 0 Å². The summed E-state index contributed by atoms with van der Waals surface area (Å²) in [5, 5.41) is 10.4. The lowest BCUT2D eigenvalue weighted by Crippen LogP contribution is -2.32. The first-order valence-electron chi connectivity index (χ1n) is 10.5. The molecule has 1 saturated carbocycles. The van der Waals surface area contributed by atoms with E-state index in [1.165, 1.54) is 19.1 Å². The first-order valence-corrected chi connectivity index (χ1v) is 10.5. The van der Waals surface area contributed by atoms with Gasteiger partial charge in [0.15, 0.2) is 0 Å². The Morgan fingerprint density at radius 1 is 1.19 bits per heavy atom. The third-order valence-electron chi connectivity index (χ3n) is 6.68. The fourth-order valence-electron chi connectivity index (χ4n) is 4.57. The maximum Gasteiger partial charge on any atom is 0.274 e. The number of carbonyl (C=O) groups is 2. The third-order valence-corrected chi connectivity index (χ3v) is 6.68. The highest BCUT2D eigenvalue weighted by Crippen LogP contribution is 2.60. The molecular weight excluding hydrogens is 392 g/mol. The molecule has 0 unspecified atom stereocenters. The number of hydrogen-bond acceptors (Lipinski definition) is 5. The molecule has 3 aromatic rings. The molecule has 0 spiro atoms. The molecule has 1 aliphatic heterocycles. The van der Waals surface area contributed by atoms with Gasteiger partial charge in [0, 0.05) is 24.3 Å². The van der Waals surface area contributed by atoms with E-state index in [1.54, 1.807) is 28.8 Å². The van der Waals surface area contributed by atoms with Crippen LogP contribution in [0.4, 0.5) is 5.69 Å². The fraction of sp³-hybridized carbons (Fsp3) is 0.348. The second-order valence-electron chi connectivity index (χ2n) is 8.54. The van der Waals surface area contributed by atoms with Gasteiger partial charge >= 0.3 is 0 Å². The van der Waals surface area contributed by atoms with Gasteiger partial charge in [-0.25, -0.2) is 4.98 Å². The number of aryl methyl sites for hydroxylation is 1. The summed E-state index contributed by atoms with van der Waals surface area (Å²) >= 11 is 0. The Kier molecular flexibility index (Phi) is 4.57. The van der Waals surface area contributed by atoms with Crippen LogP contribution >= 0.6 is 0 Å². The monoisotopic (exact) mass is 416 g/mol. The number of carbonyl (C=O) groups excluding carboxylic acids is 2. The van der Waals surface area contributed by atoms with Crippen LogP contribution in [0.25, 0.3) is 5.82 Å². The van der Waals surface area contributed by atoms with Gasteiger partial charge in [-0.1, -0.05) is 19.1 Å². The summed E-state index contributed by atoms with van der Waals surface area (Å²) in [4.78, 5) is 32.2. The Labute approximate surface area is 180 Å². The van der Waals surface area contributed by atoms with E-state index in [-0.39, 0.29) is 17.5 Å². The van der Waals surface area contributed by atoms with E-state index in [0.717, 1.165) is 25.1 Å². The van der Waals surface area contributed by atoms with Crippen molar-refractivity contribution >= 4 is 17.5 Å². The summed E-state index contributed by atoms with van der Waals surface area (Å²) < 4.78 is 1.63.